The van der Waals surface area contributed by atoms with Crippen LogP contribution in [-0.2, 0) is 0 Å². The lowest BCUT2D eigenvalue weighted by Crippen LogP contribution is -1.76. The maximum atomic E-state index is 4.06. The van der Waals surface area contributed by atoms with Gasteiger partial charge >= 0.3 is 0 Å². The van der Waals surface area contributed by atoms with Gasteiger partial charge in [-0.1, -0.05) is 22.0 Å². The van der Waals surface area contributed by atoms with Crippen LogP contribution in [0.4, 0.5) is 0 Å². The normalized spacial score (nSPS) is 16.2. The van der Waals surface area contributed by atoms with Crippen molar-refractivity contribution >= 4 is 21.8 Å². The molecule has 52 valence electrons. The minimum Gasteiger partial charge on any atom is -0.211 e. The number of alkyl halides is 1. The summed E-state index contributed by atoms with van der Waals surface area (Å²) >= 11 is 3.33. The Morgan fingerprint density at radius 2 is 2.50 bits per heavy atom. The van der Waals surface area contributed by atoms with E-state index in [-0.39, 0.29) is 0 Å². The number of hydrogen-bond donors (Lipinski definition) is 0. The molecule has 0 aromatic rings. The van der Waals surface area contributed by atoms with Gasteiger partial charge in [0.15, 0.2) is 0 Å². The third-order valence-electron chi connectivity index (χ3n) is 1.15. The lowest BCUT2D eigenvalue weighted by Gasteiger charge is -1.83. The van der Waals surface area contributed by atoms with Crippen molar-refractivity contribution in [2.24, 2.45) is 4.99 Å². The summed E-state index contributed by atoms with van der Waals surface area (Å²) < 4.78 is 0. The second-order valence-corrected chi connectivity index (χ2v) is 2.61. The molecule has 0 aromatic carbocycles. The van der Waals surface area contributed by atoms with Crippen LogP contribution in [0, 0.1) is 0 Å². The Balaban J connectivity index is 2.92. The van der Waals surface area contributed by atoms with Crippen molar-refractivity contribution in [2.75, 3.05) is 5.33 Å². The van der Waals surface area contributed by atoms with Crippen LogP contribution in [0.2, 0.25) is 0 Å². The van der Waals surface area contributed by atoms with Crippen molar-refractivity contribution in [1.29, 1.82) is 0 Å². The van der Waals surface area contributed by atoms with E-state index in [4.69, 9.17) is 0 Å². The lowest BCUT2D eigenvalue weighted by molar-refractivity contribution is 1.33. The van der Waals surface area contributed by atoms with E-state index in [1.54, 1.807) is 0 Å². The summed E-state index contributed by atoms with van der Waals surface area (Å²) in [5.41, 5.74) is 2.07. The van der Waals surface area contributed by atoms with E-state index in [1.165, 1.54) is 0 Å². The van der Waals surface area contributed by atoms with Gasteiger partial charge in [-0.05, 0) is 24.9 Å². The highest BCUT2D eigenvalue weighted by Gasteiger charge is 1.89. The van der Waals surface area contributed by atoms with Crippen LogP contribution < -0.4 is 0 Å². The van der Waals surface area contributed by atoms with Crippen LogP contribution in [0.5, 0.6) is 0 Å². The van der Waals surface area contributed by atoms with Crippen LogP contribution >= 0.6 is 15.9 Å². The van der Waals surface area contributed by atoms with Crippen LogP contribution in [0.25, 0.3) is 0 Å². The second kappa shape index (κ2) is 3.55. The summed E-state index contributed by atoms with van der Waals surface area (Å²) in [5.74, 6) is 2.92. The zero-order valence-corrected chi connectivity index (χ0v) is 7.35. The molecule has 1 heterocycles. The molecule has 0 atom stereocenters. The first-order valence-corrected chi connectivity index (χ1v) is 4.18. The predicted octanol–water partition coefficient (Wildman–Crippen LogP) is 2.45. The molecule has 2 heteroatoms. The van der Waals surface area contributed by atoms with Crippen molar-refractivity contribution in [3.05, 3.63) is 29.5 Å². The zero-order chi connectivity index (χ0) is 7.40. The van der Waals surface area contributed by atoms with Gasteiger partial charge in [-0.25, -0.2) is 4.99 Å². The Labute approximate surface area is 69.0 Å². The van der Waals surface area contributed by atoms with Gasteiger partial charge in [0, 0.05) is 16.6 Å². The molecule has 1 rings (SSSR count). The second-order valence-electron chi connectivity index (χ2n) is 2.05. The molecule has 1 aliphatic rings. The number of aliphatic imine (C=N–C) groups is 1. The summed E-state index contributed by atoms with van der Waals surface area (Å²) in [4.78, 5) is 4.06. The molecule has 0 bridgehead atoms. The van der Waals surface area contributed by atoms with E-state index in [1.807, 2.05) is 25.2 Å². The van der Waals surface area contributed by atoms with Crippen LogP contribution in [-0.4, -0.2) is 11.2 Å². The monoisotopic (exact) mass is 197 g/mol. The summed E-state index contributed by atoms with van der Waals surface area (Å²) in [6.07, 6.45) is 5.94. The highest BCUT2D eigenvalue weighted by atomic mass is 79.9. The first-order valence-electron chi connectivity index (χ1n) is 3.06. The molecule has 10 heavy (non-hydrogen) atoms. The first-order chi connectivity index (χ1) is 4.83. The third-order valence-corrected chi connectivity index (χ3v) is 1.76. The number of hydrogen-bond acceptors (Lipinski definition) is 1. The minimum atomic E-state index is 0.814. The van der Waals surface area contributed by atoms with E-state index in [0.717, 1.165) is 16.6 Å². The van der Waals surface area contributed by atoms with Gasteiger partial charge in [-0.2, -0.15) is 0 Å². The molecule has 0 aromatic heterocycles. The topological polar surface area (TPSA) is 12.4 Å². The Kier molecular flexibility index (Phi) is 2.67. The van der Waals surface area contributed by atoms with Gasteiger partial charge < -0.3 is 0 Å². The van der Waals surface area contributed by atoms with Gasteiger partial charge in [0.05, 0.1) is 0 Å². The Morgan fingerprint density at radius 3 is 3.20 bits per heavy atom. The zero-order valence-electron chi connectivity index (χ0n) is 5.76. The highest BCUT2D eigenvalue weighted by molar-refractivity contribution is 9.09. The van der Waals surface area contributed by atoms with Crippen molar-refractivity contribution in [3.63, 3.8) is 0 Å². The maximum Gasteiger partial charge on any atom is 0.0472 e. The van der Waals surface area contributed by atoms with Gasteiger partial charge in [0.1, 0.15) is 0 Å². The lowest BCUT2D eigenvalue weighted by atomic mass is 10.3. The Hall–Kier alpha value is -0.590. The Morgan fingerprint density at radius 1 is 1.70 bits per heavy atom. The summed E-state index contributed by atoms with van der Waals surface area (Å²) in [6.45, 7) is 1.95. The molecule has 0 N–H and O–H groups in total. The van der Waals surface area contributed by atoms with Crippen molar-refractivity contribution in [3.8, 4) is 0 Å². The molecule has 0 aliphatic carbocycles. The molecule has 1 nitrogen and oxygen atoms in total. The summed E-state index contributed by atoms with van der Waals surface area (Å²) in [6, 6.07) is 0. The van der Waals surface area contributed by atoms with Crippen molar-refractivity contribution < 1.29 is 0 Å². The van der Waals surface area contributed by atoms with E-state index in [0.29, 0.717) is 0 Å². The van der Waals surface area contributed by atoms with Crippen molar-refractivity contribution in [2.45, 2.75) is 6.92 Å². The number of halogens is 1. The van der Waals surface area contributed by atoms with Crippen LogP contribution in [0.1, 0.15) is 6.92 Å². The number of nitrogens with zero attached hydrogens (tertiary/aromatic N) is 1. The predicted molar refractivity (Wildman–Crippen MR) is 47.6 cm³/mol. The largest absolute Gasteiger partial charge is 0.211 e. The van der Waals surface area contributed by atoms with Gasteiger partial charge in [-0.3, -0.25) is 0 Å². The van der Waals surface area contributed by atoms with E-state index in [2.05, 4.69) is 26.8 Å². The molecular weight excluding hydrogens is 190 g/mol. The van der Waals surface area contributed by atoms with E-state index >= 15 is 0 Å². The summed E-state index contributed by atoms with van der Waals surface area (Å²) in [5, 5.41) is 0.814. The molecule has 0 radical (unpaired) electrons. The molecule has 0 amide bonds. The average Bonchev–Trinajstić information content (AvgIpc) is 2.14. The standard InChI is InChI=1S/C8H8BrN/c1-7-3-2-4-8(5-9)6-10-7/h2-4H,5H2,1H3. The van der Waals surface area contributed by atoms with Crippen LogP contribution in [0.3, 0.4) is 0 Å². The Bertz CT molecular complexity index is 242. The smallest absolute Gasteiger partial charge is 0.0472 e. The van der Waals surface area contributed by atoms with Gasteiger partial charge in [-0.15, -0.1) is 0 Å². The SMILES string of the molecule is CC1=CC=CC(CBr)=C=N1. The van der Waals surface area contributed by atoms with E-state index < -0.39 is 0 Å². The molecule has 0 saturated heterocycles. The van der Waals surface area contributed by atoms with Crippen LogP contribution in [0.15, 0.2) is 34.5 Å². The summed E-state index contributed by atoms with van der Waals surface area (Å²) in [7, 11) is 0. The quantitative estimate of drug-likeness (QED) is 0.574. The molecule has 0 unspecified atom stereocenters. The minimum absolute atomic E-state index is 0.814. The molecule has 0 spiro atoms. The average molecular weight is 198 g/mol. The maximum absolute atomic E-state index is 4.06. The number of allylic oxidation sites excluding steroid dienone is 5. The fourth-order valence-electron chi connectivity index (χ4n) is 0.612. The molecule has 0 fully saturated rings. The molecule has 0 saturated carbocycles. The third kappa shape index (κ3) is 1.98. The van der Waals surface area contributed by atoms with Gasteiger partial charge in [0.25, 0.3) is 0 Å². The molecule has 1 aliphatic heterocycles. The fourth-order valence-corrected chi connectivity index (χ4v) is 0.925. The fraction of sp³-hybridized carbons (Fsp3) is 0.250. The highest BCUT2D eigenvalue weighted by Crippen LogP contribution is 2.03. The molecular formula is C8H8BrN. The van der Waals surface area contributed by atoms with E-state index in [9.17, 15) is 0 Å². The first kappa shape index (κ1) is 7.52. The van der Waals surface area contributed by atoms with Gasteiger partial charge in [0.2, 0.25) is 0 Å². The van der Waals surface area contributed by atoms with Crippen molar-refractivity contribution in [1.82, 2.24) is 0 Å². The number of rotatable bonds is 1.